The molecule has 0 fully saturated rings. The van der Waals surface area contributed by atoms with Crippen LogP contribution in [0.5, 0.6) is 0 Å². The minimum Gasteiger partial charge on any atom is -0.344 e. The predicted molar refractivity (Wildman–Crippen MR) is 70.2 cm³/mol. The average Bonchev–Trinajstić information content (AvgIpc) is 2.42. The van der Waals surface area contributed by atoms with Crippen molar-refractivity contribution in [2.75, 3.05) is 0 Å². The van der Waals surface area contributed by atoms with Crippen LogP contribution in [0.15, 0.2) is 47.4 Å². The summed E-state index contributed by atoms with van der Waals surface area (Å²) in [6, 6.07) is 11.9. The maximum atomic E-state index is 12.1. The van der Waals surface area contributed by atoms with Crippen molar-refractivity contribution < 1.29 is 10.1 Å². The number of hydrogen-bond donors (Lipinski definition) is 1. The van der Waals surface area contributed by atoms with E-state index in [1.165, 1.54) is 12.1 Å². The number of aryl methyl sites for hydroxylation is 1. The quantitative estimate of drug-likeness (QED) is 0.792. The zero-order chi connectivity index (χ0) is 13.8. The highest BCUT2D eigenvalue weighted by atomic mass is 16.1. The molecule has 0 amide bonds. The van der Waals surface area contributed by atoms with Gasteiger partial charge in [-0.2, -0.15) is 0 Å². The molecule has 0 saturated heterocycles. The van der Waals surface area contributed by atoms with Crippen LogP contribution < -0.4 is 10.7 Å². The Morgan fingerprint density at radius 1 is 1.26 bits per heavy atom. The molecule has 2 aromatic rings. The minimum atomic E-state index is -0.0629. The molecular formula is C15H13N2O2+. The van der Waals surface area contributed by atoms with Gasteiger partial charge >= 0.3 is 6.07 Å². The highest BCUT2D eigenvalue weighted by molar-refractivity contribution is 5.96. The van der Waals surface area contributed by atoms with Crippen LogP contribution in [0, 0.1) is 13.0 Å². The number of rotatable bonds is 3. The summed E-state index contributed by atoms with van der Waals surface area (Å²) in [5, 5.41) is 6.98. The normalized spacial score (nSPS) is 9.89. The van der Waals surface area contributed by atoms with E-state index in [9.17, 15) is 9.59 Å². The van der Waals surface area contributed by atoms with Crippen LogP contribution in [0.25, 0.3) is 0 Å². The largest absolute Gasteiger partial charge is 0.344 e. The fraction of sp³-hybridized carbons (Fsp3) is 0.133. The van der Waals surface area contributed by atoms with Gasteiger partial charge in [-0.15, -0.1) is 0 Å². The molecule has 0 bridgehead atoms. The number of nitrogens with one attached hydrogen (secondary N) is 1. The van der Waals surface area contributed by atoms with Crippen LogP contribution in [0.4, 0.5) is 0 Å². The second kappa shape index (κ2) is 5.32. The minimum absolute atomic E-state index is 0.0386. The number of aromatic nitrogens is 1. The first-order valence-corrected chi connectivity index (χ1v) is 5.83. The van der Waals surface area contributed by atoms with Gasteiger partial charge in [-0.1, -0.05) is 5.26 Å². The van der Waals surface area contributed by atoms with Crippen molar-refractivity contribution in [3.8, 4) is 6.07 Å². The van der Waals surface area contributed by atoms with E-state index in [4.69, 9.17) is 5.26 Å². The smallest absolute Gasteiger partial charge is 0.308 e. The molecule has 1 aromatic carbocycles. The molecular weight excluding hydrogens is 240 g/mol. The van der Waals surface area contributed by atoms with Gasteiger partial charge in [0, 0.05) is 29.6 Å². The van der Waals surface area contributed by atoms with E-state index in [0.29, 0.717) is 11.1 Å². The Morgan fingerprint density at radius 3 is 2.53 bits per heavy atom. The summed E-state index contributed by atoms with van der Waals surface area (Å²) < 4.78 is 1.74. The van der Waals surface area contributed by atoms with Crippen molar-refractivity contribution in [2.24, 2.45) is 0 Å². The van der Waals surface area contributed by atoms with Gasteiger partial charge in [-0.05, 0) is 31.2 Å². The number of nitrogens with zero attached hydrogens (tertiary/aromatic N) is 1. The van der Waals surface area contributed by atoms with Crippen LogP contribution in [-0.2, 0) is 6.54 Å². The van der Waals surface area contributed by atoms with Gasteiger partial charge in [-0.25, -0.2) is 0 Å². The summed E-state index contributed by atoms with van der Waals surface area (Å²) in [4.78, 5) is 23.2. The molecule has 19 heavy (non-hydrogen) atoms. The van der Waals surface area contributed by atoms with Crippen molar-refractivity contribution in [3.63, 3.8) is 0 Å². The number of benzene rings is 1. The SMILES string of the molecule is Cc1cc(=O)ccn1CC(=O)c1ccc(C#[NH+])cc1. The maximum absolute atomic E-state index is 12.1. The van der Waals surface area contributed by atoms with Gasteiger partial charge in [0.15, 0.2) is 11.2 Å². The molecule has 0 aliphatic heterocycles. The summed E-state index contributed by atoms with van der Waals surface area (Å²) in [7, 11) is 0. The van der Waals surface area contributed by atoms with Crippen LogP contribution in [0.2, 0.25) is 0 Å². The van der Waals surface area contributed by atoms with Crippen LogP contribution in [0.1, 0.15) is 21.6 Å². The number of hydrogen-bond acceptors (Lipinski definition) is 2. The van der Waals surface area contributed by atoms with Crippen LogP contribution in [-0.4, -0.2) is 10.4 Å². The third-order valence-electron chi connectivity index (χ3n) is 2.89. The molecule has 0 radical (unpaired) electrons. The first-order chi connectivity index (χ1) is 9.10. The fourth-order valence-corrected chi connectivity index (χ4v) is 1.78. The first kappa shape index (κ1) is 12.8. The highest BCUT2D eigenvalue weighted by Gasteiger charge is 2.08. The second-order valence-corrected chi connectivity index (χ2v) is 4.26. The summed E-state index contributed by atoms with van der Waals surface area (Å²) >= 11 is 0. The highest BCUT2D eigenvalue weighted by Crippen LogP contribution is 2.06. The lowest BCUT2D eigenvalue weighted by Crippen LogP contribution is -2.17. The lowest BCUT2D eigenvalue weighted by atomic mass is 10.1. The van der Waals surface area contributed by atoms with Crippen molar-refractivity contribution in [3.05, 3.63) is 69.6 Å². The van der Waals surface area contributed by atoms with Gasteiger partial charge in [-0.3, -0.25) is 9.59 Å². The zero-order valence-electron chi connectivity index (χ0n) is 10.5. The first-order valence-electron chi connectivity index (χ1n) is 5.83. The van der Waals surface area contributed by atoms with Gasteiger partial charge in [0.05, 0.1) is 6.54 Å². The zero-order valence-corrected chi connectivity index (χ0v) is 10.5. The van der Waals surface area contributed by atoms with Gasteiger partial charge in [0.2, 0.25) is 0 Å². The maximum Gasteiger partial charge on any atom is 0.308 e. The third-order valence-corrected chi connectivity index (χ3v) is 2.89. The lowest BCUT2D eigenvalue weighted by molar-refractivity contribution is -0.0909. The number of ketones is 1. The molecule has 0 saturated carbocycles. The monoisotopic (exact) mass is 253 g/mol. The van der Waals surface area contributed by atoms with Crippen molar-refractivity contribution >= 4 is 5.78 Å². The molecule has 2 rings (SSSR count). The Morgan fingerprint density at radius 2 is 1.95 bits per heavy atom. The number of Topliss-reactive ketones (excluding diaryl/α,β-unsaturated/α-hetero) is 1. The Labute approximate surface area is 110 Å². The predicted octanol–water partition coefficient (Wildman–Crippen LogP) is 0.160. The molecule has 4 nitrogen and oxygen atoms in total. The topological polar surface area (TPSA) is 62.9 Å². The Kier molecular flexibility index (Phi) is 3.58. The molecule has 1 aromatic heterocycles. The van der Waals surface area contributed by atoms with Crippen LogP contribution >= 0.6 is 0 Å². The van der Waals surface area contributed by atoms with E-state index in [0.717, 1.165) is 5.69 Å². The average molecular weight is 253 g/mol. The Balaban J connectivity index is 2.20. The summed E-state index contributed by atoms with van der Waals surface area (Å²) in [6.45, 7) is 1.99. The molecule has 4 heteroatoms. The second-order valence-electron chi connectivity index (χ2n) is 4.26. The number of pyridine rings is 1. The van der Waals surface area contributed by atoms with Crippen molar-refractivity contribution in [1.29, 1.82) is 0 Å². The van der Waals surface area contributed by atoms with Gasteiger partial charge in [0.25, 0.3) is 0 Å². The third kappa shape index (κ3) is 2.96. The Bertz CT molecular complexity index is 706. The summed E-state index contributed by atoms with van der Waals surface area (Å²) in [5.41, 5.74) is 1.91. The van der Waals surface area contributed by atoms with E-state index in [1.54, 1.807) is 42.0 Å². The van der Waals surface area contributed by atoms with Crippen LogP contribution in [0.3, 0.4) is 0 Å². The lowest BCUT2D eigenvalue weighted by Gasteiger charge is -2.09. The van der Waals surface area contributed by atoms with Crippen molar-refractivity contribution in [2.45, 2.75) is 13.5 Å². The molecule has 1 heterocycles. The Hall–Kier alpha value is -2.67. The molecule has 0 aliphatic rings. The van der Waals surface area contributed by atoms with E-state index in [2.05, 4.69) is 6.07 Å². The molecule has 0 unspecified atom stereocenters. The summed E-state index contributed by atoms with van der Waals surface area (Å²) in [6.07, 6.45) is 1.62. The number of carbonyl (C=O) groups is 1. The number of carbonyl (C=O) groups excluding carboxylic acids is 1. The molecule has 0 spiro atoms. The molecule has 0 aliphatic carbocycles. The molecule has 0 atom stereocenters. The van der Waals surface area contributed by atoms with Crippen molar-refractivity contribution in [1.82, 2.24) is 4.57 Å². The van der Waals surface area contributed by atoms with E-state index >= 15 is 0 Å². The van der Waals surface area contributed by atoms with E-state index in [1.807, 2.05) is 0 Å². The molecule has 1 N–H and O–H groups in total. The van der Waals surface area contributed by atoms with E-state index < -0.39 is 0 Å². The van der Waals surface area contributed by atoms with Gasteiger partial charge in [0.1, 0.15) is 5.56 Å². The van der Waals surface area contributed by atoms with Gasteiger partial charge < -0.3 is 4.57 Å². The standard InChI is InChI=1S/C15H12N2O2/c1-11-8-14(18)6-7-17(11)10-15(19)13-4-2-12(9-16)3-5-13/h2-8H,10H2,1H3/p+1. The fourth-order valence-electron chi connectivity index (χ4n) is 1.78. The summed E-state index contributed by atoms with van der Waals surface area (Å²) in [5.74, 6) is -0.0386. The van der Waals surface area contributed by atoms with E-state index in [-0.39, 0.29) is 17.8 Å². The molecule has 94 valence electrons.